The van der Waals surface area contributed by atoms with Gasteiger partial charge < -0.3 is 9.80 Å². The smallest absolute Gasteiger partial charge is 0.372 e. The van der Waals surface area contributed by atoms with Crippen LogP contribution in [0.15, 0.2) is 76.5 Å². The van der Waals surface area contributed by atoms with Gasteiger partial charge in [0.25, 0.3) is 0 Å². The Morgan fingerprint density at radius 3 is 2.14 bits per heavy atom. The van der Waals surface area contributed by atoms with Crippen molar-refractivity contribution in [3.8, 4) is 0 Å². The van der Waals surface area contributed by atoms with E-state index in [2.05, 4.69) is 18.7 Å². The highest BCUT2D eigenvalue weighted by Crippen LogP contribution is 2.52. The number of alkyl halides is 3. The van der Waals surface area contributed by atoms with Crippen LogP contribution in [0.2, 0.25) is 0 Å². The van der Waals surface area contributed by atoms with E-state index in [0.29, 0.717) is 5.69 Å². The van der Waals surface area contributed by atoms with Crippen LogP contribution in [-0.4, -0.2) is 13.1 Å². The van der Waals surface area contributed by atoms with Crippen LogP contribution in [-0.2, 0) is 6.18 Å². The molecule has 3 aromatic carbocycles. The van der Waals surface area contributed by atoms with Crippen molar-refractivity contribution < 1.29 is 13.2 Å². The summed E-state index contributed by atoms with van der Waals surface area (Å²) in [6, 6.07) is 19.8. The zero-order valence-electron chi connectivity index (χ0n) is 16.2. The molecule has 0 radical (unpaired) electrons. The molecule has 0 atom stereocenters. The summed E-state index contributed by atoms with van der Waals surface area (Å²) in [5.74, 6) is 0. The van der Waals surface area contributed by atoms with Crippen molar-refractivity contribution in [2.45, 2.75) is 29.8 Å². The van der Waals surface area contributed by atoms with E-state index < -0.39 is 11.7 Å². The van der Waals surface area contributed by atoms with Crippen LogP contribution < -0.4 is 9.80 Å². The predicted molar refractivity (Wildman–Crippen MR) is 114 cm³/mol. The molecule has 0 fully saturated rings. The number of benzene rings is 3. The zero-order valence-corrected chi connectivity index (χ0v) is 17.0. The van der Waals surface area contributed by atoms with Crippen LogP contribution in [0.1, 0.15) is 19.4 Å². The van der Waals surface area contributed by atoms with E-state index in [4.69, 9.17) is 0 Å². The van der Waals surface area contributed by atoms with Gasteiger partial charge in [-0.2, -0.15) is 13.2 Å². The molecule has 0 bridgehead atoms. The Balaban J connectivity index is 1.84. The van der Waals surface area contributed by atoms with Crippen LogP contribution >= 0.6 is 11.8 Å². The first-order valence-corrected chi connectivity index (χ1v) is 10.4. The number of para-hydroxylation sites is 1. The van der Waals surface area contributed by atoms with E-state index in [1.165, 1.54) is 17.8 Å². The van der Waals surface area contributed by atoms with Crippen molar-refractivity contribution in [1.29, 1.82) is 0 Å². The van der Waals surface area contributed by atoms with Crippen LogP contribution in [0.5, 0.6) is 0 Å². The summed E-state index contributed by atoms with van der Waals surface area (Å²) in [7, 11) is 0. The lowest BCUT2D eigenvalue weighted by molar-refractivity contribution is -0.137. The molecule has 0 spiro atoms. The lowest BCUT2D eigenvalue weighted by Gasteiger charge is -2.33. The molecule has 150 valence electrons. The first kappa shape index (κ1) is 19.7. The van der Waals surface area contributed by atoms with Gasteiger partial charge in [-0.15, -0.1) is 0 Å². The van der Waals surface area contributed by atoms with Crippen molar-refractivity contribution in [3.63, 3.8) is 0 Å². The summed E-state index contributed by atoms with van der Waals surface area (Å²) in [6.45, 7) is 6.00. The van der Waals surface area contributed by atoms with Gasteiger partial charge in [0.1, 0.15) is 0 Å². The van der Waals surface area contributed by atoms with E-state index in [1.54, 1.807) is 6.07 Å². The second-order valence-corrected chi connectivity index (χ2v) is 7.86. The molecule has 0 saturated heterocycles. The average Bonchev–Trinajstić information content (AvgIpc) is 2.72. The third kappa shape index (κ3) is 3.69. The summed E-state index contributed by atoms with van der Waals surface area (Å²) in [4.78, 5) is 5.99. The molecule has 1 heterocycles. The summed E-state index contributed by atoms with van der Waals surface area (Å²) >= 11 is 1.50. The minimum atomic E-state index is -4.38. The maximum absolute atomic E-state index is 13.4. The molecular weight excluding hydrogens is 393 g/mol. The second kappa shape index (κ2) is 7.67. The Labute approximate surface area is 173 Å². The maximum Gasteiger partial charge on any atom is 0.416 e. The maximum atomic E-state index is 13.4. The average molecular weight is 414 g/mol. The van der Waals surface area contributed by atoms with Gasteiger partial charge in [-0.1, -0.05) is 23.9 Å². The van der Waals surface area contributed by atoms with Crippen molar-refractivity contribution in [3.05, 3.63) is 72.3 Å². The largest absolute Gasteiger partial charge is 0.416 e. The normalized spacial score (nSPS) is 13.1. The number of fused-ring (bicyclic) bond motifs is 2. The Morgan fingerprint density at radius 2 is 1.48 bits per heavy atom. The van der Waals surface area contributed by atoms with E-state index in [9.17, 15) is 13.2 Å². The fourth-order valence-corrected chi connectivity index (χ4v) is 4.65. The van der Waals surface area contributed by atoms with Gasteiger partial charge >= 0.3 is 6.18 Å². The lowest BCUT2D eigenvalue weighted by Crippen LogP contribution is -2.22. The van der Waals surface area contributed by atoms with E-state index in [1.807, 2.05) is 53.4 Å². The summed E-state index contributed by atoms with van der Waals surface area (Å²) in [6.07, 6.45) is -4.38. The third-order valence-corrected chi connectivity index (χ3v) is 6.22. The molecule has 0 amide bonds. The second-order valence-electron chi connectivity index (χ2n) is 6.77. The molecule has 0 saturated carbocycles. The molecule has 0 unspecified atom stereocenters. The molecule has 0 aliphatic carbocycles. The molecule has 2 nitrogen and oxygen atoms in total. The SMILES string of the molecule is CCN(CC)c1ccc(N2c3ccccc3Sc3ccc(C(F)(F)F)cc32)cc1. The third-order valence-electron chi connectivity index (χ3n) is 5.09. The molecule has 29 heavy (non-hydrogen) atoms. The van der Waals surface area contributed by atoms with Crippen molar-refractivity contribution in [2.24, 2.45) is 0 Å². The minimum absolute atomic E-state index is 0.555. The monoisotopic (exact) mass is 414 g/mol. The summed E-state index contributed by atoms with van der Waals surface area (Å²) < 4.78 is 40.1. The number of hydrogen-bond acceptors (Lipinski definition) is 3. The first-order valence-electron chi connectivity index (χ1n) is 9.55. The quantitative estimate of drug-likeness (QED) is 0.342. The number of halogens is 3. The first-order chi connectivity index (χ1) is 13.9. The predicted octanol–water partition coefficient (Wildman–Crippen LogP) is 7.49. The topological polar surface area (TPSA) is 6.48 Å². The highest BCUT2D eigenvalue weighted by molar-refractivity contribution is 7.99. The van der Waals surface area contributed by atoms with Gasteiger partial charge in [0, 0.05) is 34.3 Å². The Hall–Kier alpha value is -2.60. The van der Waals surface area contributed by atoms with Gasteiger partial charge in [0.05, 0.1) is 16.9 Å². The molecule has 0 N–H and O–H groups in total. The number of anilines is 4. The highest BCUT2D eigenvalue weighted by atomic mass is 32.2. The van der Waals surface area contributed by atoms with Gasteiger partial charge in [0.15, 0.2) is 0 Å². The highest BCUT2D eigenvalue weighted by Gasteiger charge is 2.33. The molecule has 4 rings (SSSR count). The molecule has 1 aliphatic heterocycles. The van der Waals surface area contributed by atoms with Crippen molar-refractivity contribution in [2.75, 3.05) is 22.9 Å². The molecule has 6 heteroatoms. The van der Waals surface area contributed by atoms with E-state index in [-0.39, 0.29) is 0 Å². The standard InChI is InChI=1S/C23H21F3N2S/c1-3-27(4-2)17-10-12-18(13-11-17)28-19-7-5-6-8-21(19)29-22-14-9-16(15-20(22)28)23(24,25)26/h5-15H,3-4H2,1-2H3. The van der Waals surface area contributed by atoms with Gasteiger partial charge in [-0.25, -0.2) is 0 Å². The van der Waals surface area contributed by atoms with Gasteiger partial charge in [0.2, 0.25) is 0 Å². The van der Waals surface area contributed by atoms with E-state index >= 15 is 0 Å². The summed E-state index contributed by atoms with van der Waals surface area (Å²) in [5, 5.41) is 0. The molecule has 3 aromatic rings. The van der Waals surface area contributed by atoms with Crippen LogP contribution in [0.3, 0.4) is 0 Å². The van der Waals surface area contributed by atoms with Crippen molar-refractivity contribution in [1.82, 2.24) is 0 Å². The van der Waals surface area contributed by atoms with Crippen LogP contribution in [0, 0.1) is 0 Å². The van der Waals surface area contributed by atoms with Crippen LogP contribution in [0.25, 0.3) is 0 Å². The summed E-state index contributed by atoms with van der Waals surface area (Å²) in [5.41, 5.74) is 2.75. The Morgan fingerprint density at radius 1 is 0.828 bits per heavy atom. The number of nitrogens with zero attached hydrogens (tertiary/aromatic N) is 2. The van der Waals surface area contributed by atoms with Crippen LogP contribution in [0.4, 0.5) is 35.9 Å². The number of hydrogen-bond donors (Lipinski definition) is 0. The zero-order chi connectivity index (χ0) is 20.6. The minimum Gasteiger partial charge on any atom is -0.372 e. The fraction of sp³-hybridized carbons (Fsp3) is 0.217. The number of rotatable bonds is 4. The molecule has 0 aromatic heterocycles. The van der Waals surface area contributed by atoms with E-state index in [0.717, 1.165) is 46.0 Å². The Kier molecular flexibility index (Phi) is 5.21. The lowest BCUT2D eigenvalue weighted by atomic mass is 10.1. The van der Waals surface area contributed by atoms with Gasteiger partial charge in [-0.3, -0.25) is 0 Å². The van der Waals surface area contributed by atoms with Gasteiger partial charge in [-0.05, 0) is 68.4 Å². The Bertz CT molecular complexity index is 1010. The fourth-order valence-electron chi connectivity index (χ4n) is 3.61. The molecule has 1 aliphatic rings. The molecular formula is C23H21F3N2S. The van der Waals surface area contributed by atoms with Crippen molar-refractivity contribution >= 4 is 34.5 Å².